The van der Waals surface area contributed by atoms with Crippen molar-refractivity contribution < 1.29 is 14.3 Å². The molecule has 1 aromatic heterocycles. The highest BCUT2D eigenvalue weighted by Gasteiger charge is 2.18. The smallest absolute Gasteiger partial charge is 0.191 e. The first-order chi connectivity index (χ1) is 14.0. The van der Waals surface area contributed by atoms with Crippen LogP contribution in [0.2, 0.25) is 10.0 Å². The minimum absolute atomic E-state index is 0.102. The maximum Gasteiger partial charge on any atom is 0.191 e. The van der Waals surface area contributed by atoms with Crippen molar-refractivity contribution in [3.8, 4) is 22.9 Å². The molecule has 152 valence electrons. The molecule has 0 saturated heterocycles. The Kier molecular flexibility index (Phi) is 7.05. The Morgan fingerprint density at radius 2 is 1.83 bits per heavy atom. The molecule has 0 unspecified atom stereocenters. The van der Waals surface area contributed by atoms with Gasteiger partial charge in [0.25, 0.3) is 0 Å². The van der Waals surface area contributed by atoms with E-state index >= 15 is 0 Å². The number of halogens is 2. The van der Waals surface area contributed by atoms with Gasteiger partial charge in [-0.1, -0.05) is 35.0 Å². The summed E-state index contributed by atoms with van der Waals surface area (Å²) in [5.74, 6) is 2.02. The number of hydrogen-bond acceptors (Lipinski definition) is 6. The highest BCUT2D eigenvalue weighted by atomic mass is 35.5. The molecule has 0 aliphatic heterocycles. The fourth-order valence-corrected chi connectivity index (χ4v) is 4.19. The van der Waals surface area contributed by atoms with E-state index in [9.17, 15) is 4.79 Å². The molecule has 3 rings (SSSR count). The Balaban J connectivity index is 1.82. The normalized spacial score (nSPS) is 10.8. The second kappa shape index (κ2) is 9.52. The van der Waals surface area contributed by atoms with Crippen LogP contribution in [0, 0.1) is 0 Å². The molecule has 0 bridgehead atoms. The predicted octanol–water partition coefficient (Wildman–Crippen LogP) is 5.26. The molecule has 0 amide bonds. The lowest BCUT2D eigenvalue weighted by atomic mass is 10.1. The molecule has 2 aromatic carbocycles. The molecule has 0 spiro atoms. The van der Waals surface area contributed by atoms with Gasteiger partial charge in [-0.25, -0.2) is 0 Å². The topological polar surface area (TPSA) is 66.2 Å². The Bertz CT molecular complexity index is 1040. The van der Waals surface area contributed by atoms with Gasteiger partial charge in [-0.2, -0.15) is 0 Å². The van der Waals surface area contributed by atoms with Crippen molar-refractivity contribution in [2.45, 2.75) is 18.6 Å². The number of ketones is 1. The third-order valence-corrected chi connectivity index (χ3v) is 5.75. The summed E-state index contributed by atoms with van der Waals surface area (Å²) < 4.78 is 12.6. The van der Waals surface area contributed by atoms with Crippen molar-refractivity contribution in [1.29, 1.82) is 0 Å². The second-order valence-electron chi connectivity index (χ2n) is 5.96. The Morgan fingerprint density at radius 3 is 2.48 bits per heavy atom. The summed E-state index contributed by atoms with van der Waals surface area (Å²) in [5.41, 5.74) is 1.28. The van der Waals surface area contributed by atoms with E-state index < -0.39 is 0 Å². The Hall–Kier alpha value is -2.22. The Morgan fingerprint density at radius 1 is 1.07 bits per heavy atom. The SMILES string of the molecule is CCn1c(SCC(=O)c2ccc(Cl)cc2Cl)nnc1-c1ccc(OC)c(OC)c1. The van der Waals surface area contributed by atoms with Crippen LogP contribution in [0.1, 0.15) is 17.3 Å². The highest BCUT2D eigenvalue weighted by Crippen LogP contribution is 2.33. The van der Waals surface area contributed by atoms with E-state index in [-0.39, 0.29) is 11.5 Å². The number of methoxy groups -OCH3 is 2. The molecule has 6 nitrogen and oxygen atoms in total. The van der Waals surface area contributed by atoms with Gasteiger partial charge in [0, 0.05) is 22.7 Å². The van der Waals surface area contributed by atoms with Crippen LogP contribution in [0.5, 0.6) is 11.5 Å². The number of aromatic nitrogens is 3. The molecular formula is C20H19Cl2N3O3S. The van der Waals surface area contributed by atoms with Gasteiger partial charge < -0.3 is 14.0 Å². The summed E-state index contributed by atoms with van der Waals surface area (Å²) >= 11 is 13.3. The minimum Gasteiger partial charge on any atom is -0.493 e. The summed E-state index contributed by atoms with van der Waals surface area (Å²) in [6.07, 6.45) is 0. The first kappa shape index (κ1) is 21.5. The van der Waals surface area contributed by atoms with E-state index in [0.717, 1.165) is 5.56 Å². The van der Waals surface area contributed by atoms with E-state index in [1.54, 1.807) is 32.4 Å². The van der Waals surface area contributed by atoms with Gasteiger partial charge in [-0.3, -0.25) is 4.79 Å². The lowest BCUT2D eigenvalue weighted by molar-refractivity contribution is 0.102. The minimum atomic E-state index is -0.102. The van der Waals surface area contributed by atoms with E-state index in [1.807, 2.05) is 29.7 Å². The summed E-state index contributed by atoms with van der Waals surface area (Å²) in [7, 11) is 3.17. The van der Waals surface area contributed by atoms with Crippen LogP contribution in [0.25, 0.3) is 11.4 Å². The van der Waals surface area contributed by atoms with Gasteiger partial charge in [-0.05, 0) is 43.3 Å². The second-order valence-corrected chi connectivity index (χ2v) is 7.74. The maximum atomic E-state index is 12.5. The van der Waals surface area contributed by atoms with Crippen molar-refractivity contribution in [2.24, 2.45) is 0 Å². The zero-order valence-electron chi connectivity index (χ0n) is 16.1. The van der Waals surface area contributed by atoms with Gasteiger partial charge in [0.2, 0.25) is 0 Å². The van der Waals surface area contributed by atoms with Crippen molar-refractivity contribution in [2.75, 3.05) is 20.0 Å². The first-order valence-corrected chi connectivity index (χ1v) is 10.5. The number of rotatable bonds is 8. The average molecular weight is 452 g/mol. The summed E-state index contributed by atoms with van der Waals surface area (Å²) in [5, 5.41) is 10.0. The van der Waals surface area contributed by atoms with E-state index in [4.69, 9.17) is 32.7 Å². The molecule has 9 heteroatoms. The molecule has 29 heavy (non-hydrogen) atoms. The van der Waals surface area contributed by atoms with Gasteiger partial charge in [0.15, 0.2) is 28.3 Å². The third-order valence-electron chi connectivity index (χ3n) is 4.24. The zero-order chi connectivity index (χ0) is 21.0. The lowest BCUT2D eigenvalue weighted by Crippen LogP contribution is -2.06. The molecule has 0 fully saturated rings. The van der Waals surface area contributed by atoms with Crippen LogP contribution in [0.4, 0.5) is 0 Å². The van der Waals surface area contributed by atoms with Crippen molar-refractivity contribution in [3.63, 3.8) is 0 Å². The van der Waals surface area contributed by atoms with E-state index in [2.05, 4.69) is 10.2 Å². The molecule has 3 aromatic rings. The summed E-state index contributed by atoms with van der Waals surface area (Å²) in [6, 6.07) is 10.4. The largest absolute Gasteiger partial charge is 0.493 e. The summed E-state index contributed by atoms with van der Waals surface area (Å²) in [6.45, 7) is 2.64. The third kappa shape index (κ3) is 4.69. The van der Waals surface area contributed by atoms with E-state index in [1.165, 1.54) is 11.8 Å². The molecule has 0 N–H and O–H groups in total. The van der Waals surface area contributed by atoms with Gasteiger partial charge in [0.05, 0.1) is 25.0 Å². The van der Waals surface area contributed by atoms with Crippen LogP contribution in [-0.2, 0) is 6.54 Å². The van der Waals surface area contributed by atoms with Crippen molar-refractivity contribution in [1.82, 2.24) is 14.8 Å². The number of hydrogen-bond donors (Lipinski definition) is 0. The fraction of sp³-hybridized carbons (Fsp3) is 0.250. The number of Topliss-reactive ketones (excluding diaryl/α,β-unsaturated/α-hetero) is 1. The van der Waals surface area contributed by atoms with E-state index in [0.29, 0.717) is 44.6 Å². The molecule has 0 radical (unpaired) electrons. The first-order valence-electron chi connectivity index (χ1n) is 8.75. The maximum absolute atomic E-state index is 12.5. The zero-order valence-corrected chi connectivity index (χ0v) is 18.4. The number of carbonyl (C=O) groups is 1. The quantitative estimate of drug-likeness (QED) is 0.343. The predicted molar refractivity (Wildman–Crippen MR) is 116 cm³/mol. The number of thioether (sulfide) groups is 1. The molecule has 0 aliphatic carbocycles. The van der Waals surface area contributed by atoms with Crippen LogP contribution >= 0.6 is 35.0 Å². The molecule has 1 heterocycles. The molecule has 0 atom stereocenters. The van der Waals surface area contributed by atoms with Gasteiger partial charge in [-0.15, -0.1) is 10.2 Å². The Labute approximate surface area is 183 Å². The van der Waals surface area contributed by atoms with Crippen LogP contribution in [0.3, 0.4) is 0 Å². The lowest BCUT2D eigenvalue weighted by Gasteiger charge is -2.11. The number of ether oxygens (including phenoxy) is 2. The highest BCUT2D eigenvalue weighted by molar-refractivity contribution is 7.99. The number of benzene rings is 2. The number of carbonyl (C=O) groups excluding carboxylic acids is 1. The monoisotopic (exact) mass is 451 g/mol. The van der Waals surface area contributed by atoms with Crippen LogP contribution < -0.4 is 9.47 Å². The van der Waals surface area contributed by atoms with Gasteiger partial charge in [0.1, 0.15) is 0 Å². The molecular weight excluding hydrogens is 433 g/mol. The van der Waals surface area contributed by atoms with Crippen molar-refractivity contribution in [3.05, 3.63) is 52.0 Å². The van der Waals surface area contributed by atoms with Gasteiger partial charge >= 0.3 is 0 Å². The van der Waals surface area contributed by atoms with Crippen LogP contribution in [0.15, 0.2) is 41.6 Å². The fourth-order valence-electron chi connectivity index (χ4n) is 2.79. The van der Waals surface area contributed by atoms with Crippen molar-refractivity contribution >= 4 is 40.7 Å². The number of nitrogens with zero attached hydrogens (tertiary/aromatic N) is 3. The molecule has 0 aliphatic rings. The van der Waals surface area contributed by atoms with Crippen LogP contribution in [-0.4, -0.2) is 40.5 Å². The molecule has 0 saturated carbocycles. The summed E-state index contributed by atoms with van der Waals surface area (Å²) in [4.78, 5) is 12.5. The standard InChI is InChI=1S/C20H19Cl2N3O3S/c1-4-25-19(12-5-8-17(27-2)18(9-12)28-3)23-24-20(25)29-11-16(26)14-7-6-13(21)10-15(14)22/h5-10H,4,11H2,1-3H3. The average Bonchev–Trinajstić information content (AvgIpc) is 3.14.